The van der Waals surface area contributed by atoms with Crippen LogP contribution in [-0.4, -0.2) is 33.6 Å². The number of aromatic nitrogens is 2. The average molecular weight is 396 g/mol. The van der Waals surface area contributed by atoms with Crippen LogP contribution < -0.4 is 10.3 Å². The zero-order valence-corrected chi connectivity index (χ0v) is 15.4. The van der Waals surface area contributed by atoms with Gasteiger partial charge in [-0.25, -0.2) is 13.8 Å². The Morgan fingerprint density at radius 2 is 1.93 bits per heavy atom. The molecular formula is C21H18F2N4O2. The first-order chi connectivity index (χ1) is 14.0. The van der Waals surface area contributed by atoms with Crippen molar-refractivity contribution in [3.05, 3.63) is 60.3 Å². The highest BCUT2D eigenvalue weighted by atomic mass is 19.3. The first-order valence-electron chi connectivity index (χ1n) is 9.34. The van der Waals surface area contributed by atoms with Crippen LogP contribution in [-0.2, 0) is 0 Å². The maximum Gasteiger partial charge on any atom is 0.251 e. The molecule has 0 radical (unpaired) electrons. The van der Waals surface area contributed by atoms with E-state index in [4.69, 9.17) is 4.42 Å². The molecule has 1 saturated heterocycles. The van der Waals surface area contributed by atoms with Crippen molar-refractivity contribution in [2.75, 3.05) is 18.0 Å². The summed E-state index contributed by atoms with van der Waals surface area (Å²) in [7, 11) is 0. The van der Waals surface area contributed by atoms with Crippen LogP contribution in [0.15, 0.2) is 64.6 Å². The van der Waals surface area contributed by atoms with Crippen LogP contribution in [0.2, 0.25) is 0 Å². The number of halogens is 2. The summed E-state index contributed by atoms with van der Waals surface area (Å²) in [6.07, 6.45) is 3.25. The summed E-state index contributed by atoms with van der Waals surface area (Å²) in [4.78, 5) is 6.31. The van der Waals surface area contributed by atoms with Gasteiger partial charge in [-0.05, 0) is 36.4 Å². The predicted octanol–water partition coefficient (Wildman–Crippen LogP) is 4.27. The smallest absolute Gasteiger partial charge is 0.251 e. The molecule has 148 valence electrons. The van der Waals surface area contributed by atoms with Crippen LogP contribution in [0.3, 0.4) is 0 Å². The van der Waals surface area contributed by atoms with Crippen molar-refractivity contribution in [2.45, 2.75) is 18.8 Å². The fourth-order valence-electron chi connectivity index (χ4n) is 3.73. The summed E-state index contributed by atoms with van der Waals surface area (Å²) in [5.74, 6) is -2.13. The Kier molecular flexibility index (Phi) is 4.01. The third kappa shape index (κ3) is 3.20. The molecule has 0 atom stereocenters. The van der Waals surface area contributed by atoms with E-state index < -0.39 is 5.92 Å². The second-order valence-corrected chi connectivity index (χ2v) is 7.23. The minimum atomic E-state index is -2.60. The van der Waals surface area contributed by atoms with E-state index in [-0.39, 0.29) is 25.9 Å². The van der Waals surface area contributed by atoms with Crippen molar-refractivity contribution in [3.63, 3.8) is 0 Å². The zero-order chi connectivity index (χ0) is 20.0. The van der Waals surface area contributed by atoms with Gasteiger partial charge in [0.05, 0.1) is 6.33 Å². The second kappa shape index (κ2) is 6.58. The normalized spacial score (nSPS) is 17.3. The molecule has 1 aromatic carbocycles. The van der Waals surface area contributed by atoms with Gasteiger partial charge in [-0.1, -0.05) is 5.16 Å². The molecular weight excluding hydrogens is 378 g/mol. The number of rotatable bonds is 2. The maximum absolute atomic E-state index is 13.5. The quantitative estimate of drug-likeness (QED) is 0.406. The molecule has 0 spiro atoms. The molecule has 0 unspecified atom stereocenters. The van der Waals surface area contributed by atoms with E-state index in [9.17, 15) is 14.0 Å². The Morgan fingerprint density at radius 3 is 2.72 bits per heavy atom. The van der Waals surface area contributed by atoms with Crippen LogP contribution in [0.1, 0.15) is 12.8 Å². The largest absolute Gasteiger partial charge is 0.454 e. The van der Waals surface area contributed by atoms with E-state index in [1.54, 1.807) is 18.5 Å². The Labute approximate surface area is 164 Å². The van der Waals surface area contributed by atoms with E-state index in [0.29, 0.717) is 27.8 Å². The van der Waals surface area contributed by atoms with E-state index >= 15 is 0 Å². The van der Waals surface area contributed by atoms with E-state index in [1.807, 2.05) is 45.8 Å². The molecule has 0 aliphatic carbocycles. The molecule has 0 bridgehead atoms. The van der Waals surface area contributed by atoms with Gasteiger partial charge in [-0.3, -0.25) is 0 Å². The van der Waals surface area contributed by atoms with Gasteiger partial charge in [0.15, 0.2) is 5.76 Å². The minimum Gasteiger partial charge on any atom is -0.454 e. The van der Waals surface area contributed by atoms with Crippen LogP contribution >= 0.6 is 0 Å². The number of alkyl halides is 2. The number of hydrogen-bond donors (Lipinski definition) is 1. The highest BCUT2D eigenvalue weighted by Crippen LogP contribution is 2.32. The molecule has 8 heteroatoms. The van der Waals surface area contributed by atoms with Crippen molar-refractivity contribution in [1.82, 2.24) is 9.38 Å². The number of nitrogens with zero attached hydrogens (tertiary/aromatic N) is 4. The summed E-state index contributed by atoms with van der Waals surface area (Å²) >= 11 is 0. The molecule has 29 heavy (non-hydrogen) atoms. The summed E-state index contributed by atoms with van der Waals surface area (Å²) in [6, 6.07) is 12.8. The van der Waals surface area contributed by atoms with Gasteiger partial charge in [-0.2, -0.15) is 0 Å². The van der Waals surface area contributed by atoms with E-state index in [2.05, 4.69) is 10.1 Å². The van der Waals surface area contributed by atoms with Gasteiger partial charge in [0.2, 0.25) is 0 Å². The summed E-state index contributed by atoms with van der Waals surface area (Å²) in [5, 5.41) is 13.9. The van der Waals surface area contributed by atoms with E-state index in [0.717, 1.165) is 11.2 Å². The lowest BCUT2D eigenvalue weighted by atomic mass is 10.1. The molecule has 1 N–H and O–H groups in total. The fraction of sp³-hybridized carbons (Fsp3) is 0.238. The molecule has 5 rings (SSSR count). The fourth-order valence-corrected chi connectivity index (χ4v) is 3.73. The molecule has 6 nitrogen and oxygen atoms in total. The molecule has 4 heterocycles. The monoisotopic (exact) mass is 396 g/mol. The molecule has 1 fully saturated rings. The number of piperidine rings is 1. The lowest BCUT2D eigenvalue weighted by molar-refractivity contribution is -0.0220. The molecule has 0 saturated carbocycles. The first kappa shape index (κ1) is 17.7. The Hall–Kier alpha value is -3.42. The molecule has 0 amide bonds. The first-order valence-corrected chi connectivity index (χ1v) is 9.34. The van der Waals surface area contributed by atoms with Crippen LogP contribution in [0.4, 0.5) is 14.5 Å². The van der Waals surface area contributed by atoms with Crippen molar-refractivity contribution >= 4 is 22.2 Å². The van der Waals surface area contributed by atoms with Crippen molar-refractivity contribution < 1.29 is 18.4 Å². The van der Waals surface area contributed by atoms with E-state index in [1.165, 1.54) is 0 Å². The zero-order valence-electron chi connectivity index (χ0n) is 15.4. The maximum atomic E-state index is 13.5. The lowest BCUT2D eigenvalue weighted by Crippen LogP contribution is -2.39. The standard InChI is InChI=1S/C21H18F2N4O2/c22-21(23)5-8-26(9-6-21)15-3-4-19-16(10-15)17(25-28)12-20(29-19)18-11-14-2-1-7-27(14)13-24-18/h1-4,7,10-13,28H,5-6,8-9H2. The summed E-state index contributed by atoms with van der Waals surface area (Å²) in [5.41, 5.74) is 2.90. The second-order valence-electron chi connectivity index (χ2n) is 7.23. The van der Waals surface area contributed by atoms with Crippen LogP contribution in [0.5, 0.6) is 0 Å². The topological polar surface area (TPSA) is 66.3 Å². The van der Waals surface area contributed by atoms with Crippen LogP contribution in [0.25, 0.3) is 27.9 Å². The summed E-state index contributed by atoms with van der Waals surface area (Å²) in [6.45, 7) is 0.557. The highest BCUT2D eigenvalue weighted by Gasteiger charge is 2.34. The van der Waals surface area contributed by atoms with Crippen molar-refractivity contribution in [2.24, 2.45) is 5.16 Å². The lowest BCUT2D eigenvalue weighted by Gasteiger charge is -2.33. The minimum absolute atomic E-state index is 0.167. The van der Waals surface area contributed by atoms with Gasteiger partial charge >= 0.3 is 0 Å². The number of hydrogen-bond acceptors (Lipinski definition) is 5. The van der Waals surface area contributed by atoms with Gasteiger partial charge in [0, 0.05) is 54.8 Å². The van der Waals surface area contributed by atoms with Gasteiger partial charge < -0.3 is 18.9 Å². The van der Waals surface area contributed by atoms with Gasteiger partial charge in [-0.15, -0.1) is 0 Å². The Balaban J connectivity index is 1.56. The SMILES string of the molecule is ON=c1cc(-c2cc3cccn3cn2)oc2ccc(N3CCC(F)(F)CC3)cc12. The van der Waals surface area contributed by atoms with Crippen LogP contribution in [0, 0.1) is 0 Å². The number of anilines is 1. The highest BCUT2D eigenvalue weighted by molar-refractivity contribution is 5.82. The Morgan fingerprint density at radius 1 is 1.10 bits per heavy atom. The molecule has 3 aromatic heterocycles. The Bertz CT molecular complexity index is 1270. The third-order valence-corrected chi connectivity index (χ3v) is 5.36. The molecule has 1 aliphatic rings. The van der Waals surface area contributed by atoms with Crippen molar-refractivity contribution in [3.8, 4) is 11.5 Å². The van der Waals surface area contributed by atoms with Gasteiger partial charge in [0.1, 0.15) is 16.6 Å². The summed E-state index contributed by atoms with van der Waals surface area (Å²) < 4.78 is 34.8. The molecule has 1 aliphatic heterocycles. The predicted molar refractivity (Wildman–Crippen MR) is 104 cm³/mol. The average Bonchev–Trinajstić information content (AvgIpc) is 3.20. The molecule has 4 aromatic rings. The number of benzene rings is 1. The third-order valence-electron chi connectivity index (χ3n) is 5.36. The van der Waals surface area contributed by atoms with Gasteiger partial charge in [0.25, 0.3) is 5.92 Å². The number of fused-ring (bicyclic) bond motifs is 2. The van der Waals surface area contributed by atoms with Crippen molar-refractivity contribution in [1.29, 1.82) is 0 Å².